The molecule has 0 saturated carbocycles. The van der Waals surface area contributed by atoms with Crippen LogP contribution in [-0.4, -0.2) is 26.7 Å². The van der Waals surface area contributed by atoms with Crippen molar-refractivity contribution in [3.63, 3.8) is 0 Å². The van der Waals surface area contributed by atoms with E-state index >= 15 is 0 Å². The number of nitrogens with one attached hydrogen (secondary N) is 1. The maximum absolute atomic E-state index is 12.5. The molecule has 1 amide bonds. The van der Waals surface area contributed by atoms with Crippen molar-refractivity contribution in [3.05, 3.63) is 59.7 Å². The lowest BCUT2D eigenvalue weighted by molar-refractivity contribution is -0.125. The van der Waals surface area contributed by atoms with E-state index in [-0.39, 0.29) is 5.91 Å². The highest BCUT2D eigenvalue weighted by Gasteiger charge is 2.29. The molecule has 0 aliphatic rings. The monoisotopic (exact) mass is 327 g/mol. The third kappa shape index (κ3) is 4.28. The van der Waals surface area contributed by atoms with E-state index in [0.29, 0.717) is 6.54 Å². The van der Waals surface area contributed by atoms with Crippen molar-refractivity contribution in [1.29, 1.82) is 0 Å². The van der Waals surface area contributed by atoms with Crippen LogP contribution in [0.2, 0.25) is 0 Å². The third-order valence-electron chi connectivity index (χ3n) is 4.24. The smallest absolute Gasteiger partial charge is 0.230 e. The molecule has 1 N–H and O–H groups in total. The van der Waals surface area contributed by atoms with Gasteiger partial charge >= 0.3 is 0 Å². The Kier molecular flexibility index (Phi) is 5.85. The Morgan fingerprint density at radius 3 is 1.92 bits per heavy atom. The van der Waals surface area contributed by atoms with Gasteiger partial charge in [0, 0.05) is 6.54 Å². The Balaban J connectivity index is 1.91. The van der Waals surface area contributed by atoms with Crippen LogP contribution in [0.15, 0.2) is 48.5 Å². The van der Waals surface area contributed by atoms with Gasteiger partial charge in [-0.15, -0.1) is 0 Å². The van der Waals surface area contributed by atoms with Crippen LogP contribution in [0.4, 0.5) is 0 Å². The molecule has 0 aliphatic carbocycles. The molecule has 2 aromatic carbocycles. The number of benzene rings is 2. The number of ether oxygens (including phenoxy) is 2. The molecular weight excluding hydrogens is 302 g/mol. The minimum atomic E-state index is -0.591. The summed E-state index contributed by atoms with van der Waals surface area (Å²) in [5, 5.41) is 3.03. The van der Waals surface area contributed by atoms with Crippen molar-refractivity contribution in [2.24, 2.45) is 0 Å². The number of hydrogen-bond acceptors (Lipinski definition) is 3. The van der Waals surface area contributed by atoms with E-state index in [1.54, 1.807) is 14.2 Å². The minimum Gasteiger partial charge on any atom is -0.497 e. The van der Waals surface area contributed by atoms with Crippen LogP contribution in [0.25, 0.3) is 0 Å². The Bertz CT molecular complexity index is 660. The van der Waals surface area contributed by atoms with Crippen LogP contribution >= 0.6 is 0 Å². The molecule has 2 rings (SSSR count). The van der Waals surface area contributed by atoms with Crippen molar-refractivity contribution in [2.75, 3.05) is 20.8 Å². The van der Waals surface area contributed by atoms with Crippen molar-refractivity contribution < 1.29 is 14.3 Å². The maximum atomic E-state index is 12.5. The first-order valence-electron chi connectivity index (χ1n) is 8.03. The van der Waals surface area contributed by atoms with Gasteiger partial charge < -0.3 is 14.8 Å². The second kappa shape index (κ2) is 7.86. The van der Waals surface area contributed by atoms with Crippen molar-refractivity contribution in [2.45, 2.75) is 25.7 Å². The van der Waals surface area contributed by atoms with Crippen LogP contribution in [0, 0.1) is 0 Å². The molecule has 0 aromatic heterocycles. The molecule has 0 heterocycles. The highest BCUT2D eigenvalue weighted by atomic mass is 16.5. The summed E-state index contributed by atoms with van der Waals surface area (Å²) >= 11 is 0. The van der Waals surface area contributed by atoms with E-state index in [9.17, 15) is 4.79 Å². The first kappa shape index (κ1) is 17.9. The summed E-state index contributed by atoms with van der Waals surface area (Å²) in [6, 6.07) is 15.5. The van der Waals surface area contributed by atoms with Gasteiger partial charge in [0.15, 0.2) is 0 Å². The molecule has 4 heteroatoms. The molecule has 0 saturated heterocycles. The number of amides is 1. The number of rotatable bonds is 7. The Labute approximate surface area is 143 Å². The van der Waals surface area contributed by atoms with E-state index in [1.807, 2.05) is 62.4 Å². The fraction of sp³-hybridized carbons (Fsp3) is 0.350. The fourth-order valence-corrected chi connectivity index (χ4v) is 2.47. The fourth-order valence-electron chi connectivity index (χ4n) is 2.47. The van der Waals surface area contributed by atoms with Crippen LogP contribution in [-0.2, 0) is 16.6 Å². The molecule has 24 heavy (non-hydrogen) atoms. The predicted octanol–water partition coefficient (Wildman–Crippen LogP) is 3.34. The third-order valence-corrected chi connectivity index (χ3v) is 4.24. The van der Waals surface area contributed by atoms with Crippen molar-refractivity contribution in [3.8, 4) is 11.5 Å². The molecule has 0 spiro atoms. The summed E-state index contributed by atoms with van der Waals surface area (Å²) in [6.07, 6.45) is 0.786. The second-order valence-electron chi connectivity index (χ2n) is 6.21. The van der Waals surface area contributed by atoms with Crippen molar-refractivity contribution >= 4 is 5.91 Å². The Morgan fingerprint density at radius 1 is 0.917 bits per heavy atom. The van der Waals surface area contributed by atoms with Gasteiger partial charge in [0.2, 0.25) is 5.91 Å². The van der Waals surface area contributed by atoms with Gasteiger partial charge in [-0.1, -0.05) is 24.3 Å². The normalized spacial score (nSPS) is 11.0. The average Bonchev–Trinajstić information content (AvgIpc) is 2.62. The summed E-state index contributed by atoms with van der Waals surface area (Å²) in [4.78, 5) is 12.5. The molecule has 0 radical (unpaired) electrons. The SMILES string of the molecule is COc1ccc(CCNC(=O)C(C)(C)c2ccc(OC)cc2)cc1. The summed E-state index contributed by atoms with van der Waals surface area (Å²) in [5.74, 6) is 1.64. The predicted molar refractivity (Wildman–Crippen MR) is 95.7 cm³/mol. The average molecular weight is 327 g/mol. The molecule has 0 aliphatic heterocycles. The second-order valence-corrected chi connectivity index (χ2v) is 6.21. The van der Waals surface area contributed by atoms with Gasteiger partial charge in [-0.2, -0.15) is 0 Å². The van der Waals surface area contributed by atoms with Gasteiger partial charge in [-0.3, -0.25) is 4.79 Å². The van der Waals surface area contributed by atoms with Gasteiger partial charge in [-0.05, 0) is 55.7 Å². The Morgan fingerprint density at radius 2 is 1.42 bits per heavy atom. The molecule has 0 bridgehead atoms. The largest absolute Gasteiger partial charge is 0.497 e. The lowest BCUT2D eigenvalue weighted by Gasteiger charge is -2.24. The van der Waals surface area contributed by atoms with Crippen LogP contribution < -0.4 is 14.8 Å². The summed E-state index contributed by atoms with van der Waals surface area (Å²) in [5.41, 5.74) is 1.54. The van der Waals surface area contributed by atoms with Crippen molar-refractivity contribution in [1.82, 2.24) is 5.32 Å². The van der Waals surface area contributed by atoms with E-state index < -0.39 is 5.41 Å². The van der Waals surface area contributed by atoms with Gasteiger partial charge in [-0.25, -0.2) is 0 Å². The quantitative estimate of drug-likeness (QED) is 0.848. The molecule has 0 atom stereocenters. The standard InChI is InChI=1S/C20H25NO3/c1-20(2,16-7-11-18(24-4)12-8-16)19(22)21-14-13-15-5-9-17(23-3)10-6-15/h5-12H,13-14H2,1-4H3,(H,21,22). The molecule has 128 valence electrons. The van der Waals surface area contributed by atoms with E-state index in [4.69, 9.17) is 9.47 Å². The highest BCUT2D eigenvalue weighted by molar-refractivity contribution is 5.87. The molecule has 4 nitrogen and oxygen atoms in total. The number of hydrogen-bond donors (Lipinski definition) is 1. The lowest BCUT2D eigenvalue weighted by atomic mass is 9.83. The number of carbonyl (C=O) groups is 1. The van der Waals surface area contributed by atoms with Gasteiger partial charge in [0.05, 0.1) is 19.6 Å². The van der Waals surface area contributed by atoms with Gasteiger partial charge in [0.25, 0.3) is 0 Å². The summed E-state index contributed by atoms with van der Waals surface area (Å²) in [6.45, 7) is 4.46. The van der Waals surface area contributed by atoms with E-state index in [2.05, 4.69) is 5.32 Å². The first-order valence-corrected chi connectivity index (χ1v) is 8.03. The van der Waals surface area contributed by atoms with E-state index in [1.165, 1.54) is 5.56 Å². The first-order chi connectivity index (χ1) is 11.5. The lowest BCUT2D eigenvalue weighted by Crippen LogP contribution is -2.40. The number of methoxy groups -OCH3 is 2. The summed E-state index contributed by atoms with van der Waals surface area (Å²) < 4.78 is 10.3. The van der Waals surface area contributed by atoms with E-state index in [0.717, 1.165) is 23.5 Å². The molecular formula is C20H25NO3. The number of carbonyl (C=O) groups excluding carboxylic acids is 1. The maximum Gasteiger partial charge on any atom is 0.230 e. The molecule has 2 aromatic rings. The van der Waals surface area contributed by atoms with Crippen LogP contribution in [0.1, 0.15) is 25.0 Å². The Hall–Kier alpha value is -2.49. The minimum absolute atomic E-state index is 0.0150. The summed E-state index contributed by atoms with van der Waals surface area (Å²) in [7, 11) is 3.28. The van der Waals surface area contributed by atoms with Crippen LogP contribution in [0.3, 0.4) is 0 Å². The topological polar surface area (TPSA) is 47.6 Å². The zero-order chi connectivity index (χ0) is 17.6. The van der Waals surface area contributed by atoms with Gasteiger partial charge in [0.1, 0.15) is 11.5 Å². The molecule has 0 unspecified atom stereocenters. The zero-order valence-corrected chi connectivity index (χ0v) is 14.8. The molecule has 0 fully saturated rings. The zero-order valence-electron chi connectivity index (χ0n) is 14.8. The van der Waals surface area contributed by atoms with Crippen LogP contribution in [0.5, 0.6) is 11.5 Å². The highest BCUT2D eigenvalue weighted by Crippen LogP contribution is 2.25.